The van der Waals surface area contributed by atoms with Crippen LogP contribution >= 0.6 is 0 Å². The molecule has 0 unspecified atom stereocenters. The molecule has 0 rings (SSSR count). The Morgan fingerprint density at radius 3 is 2.85 bits per heavy atom. The van der Waals surface area contributed by atoms with E-state index in [0.29, 0.717) is 6.61 Å². The number of rotatable bonds is 7. The van der Waals surface area contributed by atoms with Gasteiger partial charge in [0.2, 0.25) is 9.04 Å². The Bertz CT molecular complexity index is 159. The summed E-state index contributed by atoms with van der Waals surface area (Å²) in [4.78, 5) is 10.6. The monoisotopic (exact) mass is 201 g/mol. The number of hydrogen-bond donors (Lipinski definition) is 0. The van der Waals surface area contributed by atoms with E-state index in [1.807, 2.05) is 6.92 Å². The van der Waals surface area contributed by atoms with Crippen LogP contribution in [0.1, 0.15) is 13.3 Å². The van der Waals surface area contributed by atoms with Crippen molar-refractivity contribution in [2.75, 3.05) is 13.2 Å². The zero-order valence-corrected chi connectivity index (χ0v) is 9.34. The highest BCUT2D eigenvalue weighted by atomic mass is 28.3. The molecule has 0 amide bonds. The molecule has 13 heavy (non-hydrogen) atoms. The Morgan fingerprint density at radius 1 is 1.62 bits per heavy atom. The summed E-state index contributed by atoms with van der Waals surface area (Å²) in [5.41, 5.74) is 0. The number of hydrogen-bond acceptors (Lipinski definition) is 3. The zero-order chi connectivity index (χ0) is 10.1. The number of esters is 1. The molecule has 0 aliphatic heterocycles. The van der Waals surface area contributed by atoms with Gasteiger partial charge in [0.1, 0.15) is 0 Å². The van der Waals surface area contributed by atoms with Gasteiger partial charge in [-0.25, -0.2) is 4.79 Å². The van der Waals surface area contributed by atoms with Crippen LogP contribution in [-0.4, -0.2) is 28.2 Å². The number of ether oxygens (including phenoxy) is 1. The van der Waals surface area contributed by atoms with Gasteiger partial charge in [0.25, 0.3) is 0 Å². The maximum absolute atomic E-state index is 10.6. The van der Waals surface area contributed by atoms with E-state index in [0.717, 1.165) is 19.1 Å². The first kappa shape index (κ1) is 12.4. The van der Waals surface area contributed by atoms with Crippen molar-refractivity contribution in [1.29, 1.82) is 0 Å². The van der Waals surface area contributed by atoms with Crippen LogP contribution in [0.3, 0.4) is 0 Å². The van der Waals surface area contributed by atoms with Crippen LogP contribution in [0.4, 0.5) is 0 Å². The molecule has 0 saturated carbocycles. The van der Waals surface area contributed by atoms with Crippen molar-refractivity contribution >= 4 is 15.0 Å². The summed E-state index contributed by atoms with van der Waals surface area (Å²) in [5, 5.41) is 0. The first-order chi connectivity index (χ1) is 6.20. The molecule has 0 spiro atoms. The highest BCUT2D eigenvalue weighted by Crippen LogP contribution is 1.99. The third-order valence-corrected chi connectivity index (χ3v) is 3.31. The summed E-state index contributed by atoms with van der Waals surface area (Å²) in [6, 6.07) is 1.02. The summed E-state index contributed by atoms with van der Waals surface area (Å²) in [5.74, 6) is -0.346. The lowest BCUT2D eigenvalue weighted by Gasteiger charge is -2.08. The molecule has 4 heteroatoms. The van der Waals surface area contributed by atoms with Crippen LogP contribution in [0.25, 0.3) is 0 Å². The minimum absolute atomic E-state index is 0.346. The lowest BCUT2D eigenvalue weighted by atomic mass is 10.5. The van der Waals surface area contributed by atoms with Crippen LogP contribution in [0.5, 0.6) is 0 Å². The van der Waals surface area contributed by atoms with E-state index in [1.54, 1.807) is 0 Å². The second-order valence-corrected chi connectivity index (χ2v) is 4.80. The van der Waals surface area contributed by atoms with Gasteiger partial charge in [0.15, 0.2) is 0 Å². The van der Waals surface area contributed by atoms with E-state index in [9.17, 15) is 4.79 Å². The minimum atomic E-state index is -0.662. The third kappa shape index (κ3) is 7.74. The maximum atomic E-state index is 10.6. The van der Waals surface area contributed by atoms with Crippen LogP contribution in [0.15, 0.2) is 12.7 Å². The molecule has 75 valence electrons. The van der Waals surface area contributed by atoms with E-state index < -0.39 is 9.04 Å². The molecular formula is C9H17O3Si. The predicted molar refractivity (Wildman–Crippen MR) is 53.8 cm³/mol. The smallest absolute Gasteiger partial charge is 0.330 e. The number of carbonyl (C=O) groups excluding carboxylic acids is 1. The first-order valence-electron chi connectivity index (χ1n) is 4.45. The van der Waals surface area contributed by atoms with Crippen LogP contribution in [0.2, 0.25) is 12.6 Å². The minimum Gasteiger partial charge on any atom is -0.463 e. The Kier molecular flexibility index (Phi) is 7.63. The Labute approximate surface area is 81.5 Å². The predicted octanol–water partition coefficient (Wildman–Crippen LogP) is 1.76. The quantitative estimate of drug-likeness (QED) is 0.272. The number of carbonyl (C=O) groups is 1. The van der Waals surface area contributed by atoms with Crippen molar-refractivity contribution in [1.82, 2.24) is 0 Å². The molecule has 0 aliphatic carbocycles. The van der Waals surface area contributed by atoms with Crippen molar-refractivity contribution in [2.45, 2.75) is 25.9 Å². The van der Waals surface area contributed by atoms with Crippen molar-refractivity contribution < 1.29 is 14.0 Å². The van der Waals surface area contributed by atoms with Gasteiger partial charge in [0, 0.05) is 12.7 Å². The molecule has 0 fully saturated rings. The van der Waals surface area contributed by atoms with Crippen LogP contribution in [-0.2, 0) is 14.0 Å². The summed E-state index contributed by atoms with van der Waals surface area (Å²) in [7, 11) is -0.662. The summed E-state index contributed by atoms with van der Waals surface area (Å²) in [6.07, 6.45) is 2.06. The highest BCUT2D eigenvalue weighted by Gasteiger charge is 2.04. The molecule has 0 bridgehead atoms. The Morgan fingerprint density at radius 2 is 2.31 bits per heavy atom. The molecule has 0 aliphatic rings. The fourth-order valence-electron chi connectivity index (χ4n) is 0.871. The molecule has 0 atom stereocenters. The molecule has 3 nitrogen and oxygen atoms in total. The van der Waals surface area contributed by atoms with Gasteiger partial charge < -0.3 is 9.16 Å². The molecule has 0 N–H and O–H groups in total. The Hall–Kier alpha value is -0.613. The standard InChI is InChI=1S/C9H17O3Si/c1-4-9(10)11-7-6-8-13(3)12-5-2/h4H,1,5-8H2,2-3H3. The van der Waals surface area contributed by atoms with Crippen LogP contribution in [0, 0.1) is 0 Å². The lowest BCUT2D eigenvalue weighted by molar-refractivity contribution is -0.137. The average Bonchev–Trinajstić information content (AvgIpc) is 2.12. The van der Waals surface area contributed by atoms with Crippen LogP contribution < -0.4 is 0 Å². The largest absolute Gasteiger partial charge is 0.463 e. The maximum Gasteiger partial charge on any atom is 0.330 e. The van der Waals surface area contributed by atoms with Gasteiger partial charge in [0.05, 0.1) is 6.61 Å². The zero-order valence-electron chi connectivity index (χ0n) is 8.34. The van der Waals surface area contributed by atoms with Crippen molar-refractivity contribution in [3.63, 3.8) is 0 Å². The Balaban J connectivity index is 3.24. The van der Waals surface area contributed by atoms with Crippen molar-refractivity contribution in [3.8, 4) is 0 Å². The second kappa shape index (κ2) is 8.01. The molecule has 0 aromatic heterocycles. The SMILES string of the molecule is C=CC(=O)OCCC[Si](C)OCC. The van der Waals surface area contributed by atoms with Gasteiger partial charge in [-0.2, -0.15) is 0 Å². The van der Waals surface area contributed by atoms with E-state index in [4.69, 9.17) is 9.16 Å². The molecule has 0 saturated heterocycles. The summed E-state index contributed by atoms with van der Waals surface area (Å²) < 4.78 is 10.2. The van der Waals surface area contributed by atoms with Crippen molar-refractivity contribution in [2.24, 2.45) is 0 Å². The van der Waals surface area contributed by atoms with E-state index in [1.165, 1.54) is 6.08 Å². The summed E-state index contributed by atoms with van der Waals surface area (Å²) in [6.45, 7) is 8.66. The highest BCUT2D eigenvalue weighted by molar-refractivity contribution is 6.50. The molecule has 0 aromatic carbocycles. The van der Waals surface area contributed by atoms with Gasteiger partial charge in [-0.3, -0.25) is 0 Å². The van der Waals surface area contributed by atoms with Gasteiger partial charge in [-0.1, -0.05) is 6.58 Å². The fourth-order valence-corrected chi connectivity index (χ4v) is 2.15. The molecule has 0 heterocycles. The summed E-state index contributed by atoms with van der Waals surface area (Å²) >= 11 is 0. The van der Waals surface area contributed by atoms with Gasteiger partial charge >= 0.3 is 5.97 Å². The molecular weight excluding hydrogens is 184 g/mol. The normalized spacial score (nSPS) is 10.1. The molecule has 1 radical (unpaired) electrons. The third-order valence-electron chi connectivity index (χ3n) is 1.47. The van der Waals surface area contributed by atoms with Gasteiger partial charge in [-0.15, -0.1) is 0 Å². The fraction of sp³-hybridized carbons (Fsp3) is 0.667. The van der Waals surface area contributed by atoms with E-state index >= 15 is 0 Å². The van der Waals surface area contributed by atoms with E-state index in [2.05, 4.69) is 13.1 Å². The van der Waals surface area contributed by atoms with Crippen molar-refractivity contribution in [3.05, 3.63) is 12.7 Å². The second-order valence-electron chi connectivity index (χ2n) is 2.61. The lowest BCUT2D eigenvalue weighted by Crippen LogP contribution is -2.14. The van der Waals surface area contributed by atoms with Gasteiger partial charge in [-0.05, 0) is 25.9 Å². The average molecular weight is 201 g/mol. The van der Waals surface area contributed by atoms with E-state index in [-0.39, 0.29) is 5.97 Å². The topological polar surface area (TPSA) is 35.5 Å². The first-order valence-corrected chi connectivity index (χ1v) is 6.56. The molecule has 0 aromatic rings.